The molecule has 0 bridgehead atoms. The fourth-order valence-corrected chi connectivity index (χ4v) is 2.40. The molecule has 0 aliphatic carbocycles. The molecule has 0 saturated heterocycles. The molecule has 126 valence electrons. The van der Waals surface area contributed by atoms with Gasteiger partial charge in [-0.1, -0.05) is 55.0 Å². The van der Waals surface area contributed by atoms with Gasteiger partial charge in [0.1, 0.15) is 0 Å². The van der Waals surface area contributed by atoms with Crippen molar-refractivity contribution in [3.63, 3.8) is 0 Å². The highest BCUT2D eigenvalue weighted by atomic mass is 16.2. The van der Waals surface area contributed by atoms with E-state index in [0.29, 0.717) is 29.8 Å². The minimum atomic E-state index is -0.218. The number of hydrogen-bond donors (Lipinski definition) is 2. The van der Waals surface area contributed by atoms with Crippen LogP contribution in [0.4, 0.5) is 0 Å². The molecule has 0 aromatic heterocycles. The quantitative estimate of drug-likeness (QED) is 0.580. The predicted molar refractivity (Wildman–Crippen MR) is 96.5 cm³/mol. The molecule has 2 rings (SSSR count). The van der Waals surface area contributed by atoms with Crippen molar-refractivity contribution in [2.75, 3.05) is 19.6 Å². The van der Waals surface area contributed by atoms with Crippen molar-refractivity contribution in [2.45, 2.75) is 20.3 Å². The number of hydrogen-bond acceptors (Lipinski definition) is 3. The highest BCUT2D eigenvalue weighted by Crippen LogP contribution is 2.15. The first kappa shape index (κ1) is 17.9. The van der Waals surface area contributed by atoms with E-state index >= 15 is 0 Å². The van der Waals surface area contributed by atoms with Gasteiger partial charge in [0.05, 0.1) is 5.56 Å². The molecule has 0 unspecified atom stereocenters. The molecule has 0 aliphatic heterocycles. The van der Waals surface area contributed by atoms with Gasteiger partial charge < -0.3 is 10.6 Å². The van der Waals surface area contributed by atoms with E-state index in [1.165, 1.54) is 0 Å². The van der Waals surface area contributed by atoms with Crippen LogP contribution in [-0.2, 0) is 0 Å². The van der Waals surface area contributed by atoms with Crippen molar-refractivity contribution in [3.05, 3.63) is 70.8 Å². The Morgan fingerprint density at radius 3 is 2.21 bits per heavy atom. The molecule has 4 nitrogen and oxygen atoms in total. The van der Waals surface area contributed by atoms with Crippen LogP contribution in [0.2, 0.25) is 0 Å². The zero-order valence-electron chi connectivity index (χ0n) is 14.3. The minimum Gasteiger partial charge on any atom is -0.351 e. The Hall–Kier alpha value is -2.46. The van der Waals surface area contributed by atoms with Crippen LogP contribution < -0.4 is 10.6 Å². The standard InChI is InChI=1S/C20H24N2O2/c1-3-12-21-13-14-22-20(24)18-7-5-4-6-17(18)19(23)16-10-8-15(2)9-11-16/h4-11,21H,3,12-14H2,1-2H3,(H,22,24). The van der Waals surface area contributed by atoms with Gasteiger partial charge in [0.2, 0.25) is 0 Å². The molecule has 0 radical (unpaired) electrons. The van der Waals surface area contributed by atoms with E-state index in [0.717, 1.165) is 18.5 Å². The van der Waals surface area contributed by atoms with Gasteiger partial charge in [0.25, 0.3) is 5.91 Å². The fourth-order valence-electron chi connectivity index (χ4n) is 2.40. The van der Waals surface area contributed by atoms with E-state index in [4.69, 9.17) is 0 Å². The van der Waals surface area contributed by atoms with Gasteiger partial charge in [-0.3, -0.25) is 9.59 Å². The summed E-state index contributed by atoms with van der Waals surface area (Å²) in [6.45, 7) is 6.25. The van der Waals surface area contributed by atoms with Gasteiger partial charge in [-0.25, -0.2) is 0 Å². The maximum atomic E-state index is 12.7. The van der Waals surface area contributed by atoms with Crippen LogP contribution in [0.15, 0.2) is 48.5 Å². The van der Waals surface area contributed by atoms with Crippen molar-refractivity contribution in [2.24, 2.45) is 0 Å². The molecule has 2 aromatic carbocycles. The lowest BCUT2D eigenvalue weighted by molar-refractivity contribution is 0.0942. The third-order valence-electron chi connectivity index (χ3n) is 3.74. The van der Waals surface area contributed by atoms with E-state index in [9.17, 15) is 9.59 Å². The van der Waals surface area contributed by atoms with Crippen LogP contribution in [-0.4, -0.2) is 31.3 Å². The number of carbonyl (C=O) groups is 2. The lowest BCUT2D eigenvalue weighted by atomic mass is 9.97. The number of benzene rings is 2. The average molecular weight is 324 g/mol. The molecule has 0 saturated carbocycles. The second kappa shape index (κ2) is 8.99. The summed E-state index contributed by atoms with van der Waals surface area (Å²) in [5.41, 5.74) is 2.53. The van der Waals surface area contributed by atoms with Gasteiger partial charge in [-0.2, -0.15) is 0 Å². The van der Waals surface area contributed by atoms with Crippen LogP contribution in [0.3, 0.4) is 0 Å². The summed E-state index contributed by atoms with van der Waals surface area (Å²) in [7, 11) is 0. The first-order valence-corrected chi connectivity index (χ1v) is 8.32. The molecule has 2 N–H and O–H groups in total. The smallest absolute Gasteiger partial charge is 0.252 e. The summed E-state index contributed by atoms with van der Waals surface area (Å²) in [5, 5.41) is 6.09. The summed E-state index contributed by atoms with van der Waals surface area (Å²) in [4.78, 5) is 25.1. The van der Waals surface area contributed by atoms with E-state index in [2.05, 4.69) is 17.6 Å². The molecule has 2 aromatic rings. The molecule has 0 fully saturated rings. The first-order chi connectivity index (χ1) is 11.6. The SMILES string of the molecule is CCCNCCNC(=O)c1ccccc1C(=O)c1ccc(C)cc1. The van der Waals surface area contributed by atoms with E-state index in [1.807, 2.05) is 19.1 Å². The maximum absolute atomic E-state index is 12.7. The Morgan fingerprint density at radius 1 is 0.875 bits per heavy atom. The summed E-state index contributed by atoms with van der Waals surface area (Å²) in [6.07, 6.45) is 1.06. The molecule has 0 atom stereocenters. The predicted octanol–water partition coefficient (Wildman–Crippen LogP) is 2.96. The van der Waals surface area contributed by atoms with Gasteiger partial charge in [-0.05, 0) is 26.0 Å². The summed E-state index contributed by atoms with van der Waals surface area (Å²) in [5.74, 6) is -0.353. The highest BCUT2D eigenvalue weighted by molar-refractivity contribution is 6.15. The van der Waals surface area contributed by atoms with Gasteiger partial charge >= 0.3 is 0 Å². The molecule has 24 heavy (non-hydrogen) atoms. The van der Waals surface area contributed by atoms with Crippen LogP contribution in [0, 0.1) is 6.92 Å². The second-order valence-corrected chi connectivity index (χ2v) is 5.75. The molecule has 0 heterocycles. The van der Waals surface area contributed by atoms with Gasteiger partial charge in [0.15, 0.2) is 5.78 Å². The molecule has 1 amide bonds. The molecular weight excluding hydrogens is 300 g/mol. The minimum absolute atomic E-state index is 0.134. The van der Waals surface area contributed by atoms with Crippen molar-refractivity contribution in [1.29, 1.82) is 0 Å². The number of ketones is 1. The van der Waals surface area contributed by atoms with Crippen molar-refractivity contribution in [1.82, 2.24) is 10.6 Å². The fraction of sp³-hybridized carbons (Fsp3) is 0.300. The zero-order chi connectivity index (χ0) is 17.4. The molecule has 0 aliphatic rings. The van der Waals surface area contributed by atoms with Crippen molar-refractivity contribution < 1.29 is 9.59 Å². The van der Waals surface area contributed by atoms with Gasteiger partial charge in [-0.15, -0.1) is 0 Å². The molecular formula is C20H24N2O2. The molecule has 0 spiro atoms. The largest absolute Gasteiger partial charge is 0.351 e. The van der Waals surface area contributed by atoms with E-state index in [1.54, 1.807) is 36.4 Å². The highest BCUT2D eigenvalue weighted by Gasteiger charge is 2.17. The van der Waals surface area contributed by atoms with Crippen LogP contribution in [0.25, 0.3) is 0 Å². The lowest BCUT2D eigenvalue weighted by Gasteiger charge is -2.10. The van der Waals surface area contributed by atoms with Crippen molar-refractivity contribution >= 4 is 11.7 Å². The maximum Gasteiger partial charge on any atom is 0.252 e. The Bertz CT molecular complexity index is 693. The third-order valence-corrected chi connectivity index (χ3v) is 3.74. The number of rotatable bonds is 8. The Morgan fingerprint density at radius 2 is 1.54 bits per heavy atom. The third kappa shape index (κ3) is 4.77. The van der Waals surface area contributed by atoms with Crippen LogP contribution in [0.5, 0.6) is 0 Å². The number of amides is 1. The summed E-state index contributed by atoms with van der Waals surface area (Å²) >= 11 is 0. The van der Waals surface area contributed by atoms with Gasteiger partial charge in [0, 0.05) is 24.2 Å². The van der Waals surface area contributed by atoms with E-state index in [-0.39, 0.29) is 11.7 Å². The van der Waals surface area contributed by atoms with Crippen molar-refractivity contribution in [3.8, 4) is 0 Å². The number of nitrogens with one attached hydrogen (secondary N) is 2. The Balaban J connectivity index is 2.10. The summed E-state index contributed by atoms with van der Waals surface area (Å²) in [6, 6.07) is 14.3. The van der Waals surface area contributed by atoms with Crippen LogP contribution in [0.1, 0.15) is 45.2 Å². The topological polar surface area (TPSA) is 58.2 Å². The summed E-state index contributed by atoms with van der Waals surface area (Å²) < 4.78 is 0. The monoisotopic (exact) mass is 324 g/mol. The van der Waals surface area contributed by atoms with E-state index < -0.39 is 0 Å². The number of carbonyl (C=O) groups excluding carboxylic acids is 2. The molecule has 4 heteroatoms. The van der Waals surface area contributed by atoms with Crippen LogP contribution >= 0.6 is 0 Å². The number of aryl methyl sites for hydroxylation is 1. The Labute approximate surface area is 143 Å². The Kier molecular flexibility index (Phi) is 6.70. The second-order valence-electron chi connectivity index (χ2n) is 5.75. The lowest BCUT2D eigenvalue weighted by Crippen LogP contribution is -2.32. The zero-order valence-corrected chi connectivity index (χ0v) is 14.3. The normalized spacial score (nSPS) is 10.4. The average Bonchev–Trinajstić information content (AvgIpc) is 2.61. The first-order valence-electron chi connectivity index (χ1n) is 8.32.